The van der Waals surface area contributed by atoms with E-state index in [0.717, 1.165) is 6.07 Å². The van der Waals surface area contributed by atoms with Crippen LogP contribution in [0.2, 0.25) is 0 Å². The van der Waals surface area contributed by atoms with Crippen LogP contribution in [0.15, 0.2) is 12.1 Å². The fourth-order valence-corrected chi connectivity index (χ4v) is 1.39. The summed E-state index contributed by atoms with van der Waals surface area (Å²) in [6.45, 7) is 1.50. The number of hydrogen-bond acceptors (Lipinski definition) is 4. The zero-order chi connectivity index (χ0) is 12.3. The van der Waals surface area contributed by atoms with Crippen molar-refractivity contribution in [1.29, 1.82) is 0 Å². The Labute approximate surface area is 91.6 Å². The maximum Gasteiger partial charge on any atom is 0.275 e. The second kappa shape index (κ2) is 4.89. The zero-order valence-corrected chi connectivity index (χ0v) is 8.94. The Hall–Kier alpha value is -1.69. The summed E-state index contributed by atoms with van der Waals surface area (Å²) in [5.74, 6) is -0.857. The lowest BCUT2D eigenvalue weighted by Crippen LogP contribution is -2.07. The third-order valence-corrected chi connectivity index (χ3v) is 2.07. The molecule has 1 N–H and O–H groups in total. The highest BCUT2D eigenvalue weighted by molar-refractivity contribution is 5.46. The summed E-state index contributed by atoms with van der Waals surface area (Å²) in [5.41, 5.74) is -0.0996. The van der Waals surface area contributed by atoms with Gasteiger partial charge in [0.15, 0.2) is 11.6 Å². The number of halogens is 1. The summed E-state index contributed by atoms with van der Waals surface area (Å²) in [5, 5.41) is 19.9. The molecule has 0 aliphatic rings. The van der Waals surface area contributed by atoms with Crippen molar-refractivity contribution in [3.05, 3.63) is 33.6 Å². The van der Waals surface area contributed by atoms with Gasteiger partial charge in [-0.1, -0.05) is 0 Å². The molecule has 1 atom stereocenters. The molecule has 0 amide bonds. The molecule has 0 aromatic heterocycles. The van der Waals surface area contributed by atoms with Crippen molar-refractivity contribution in [3.63, 3.8) is 0 Å². The molecule has 0 saturated carbocycles. The van der Waals surface area contributed by atoms with Gasteiger partial charge in [-0.2, -0.15) is 0 Å². The minimum atomic E-state index is -0.788. The third kappa shape index (κ3) is 2.66. The molecule has 1 aromatic rings. The van der Waals surface area contributed by atoms with Crippen LogP contribution in [0, 0.1) is 15.9 Å². The number of rotatable bonds is 4. The molecule has 5 nitrogen and oxygen atoms in total. The van der Waals surface area contributed by atoms with Crippen molar-refractivity contribution in [2.24, 2.45) is 0 Å². The Kier molecular flexibility index (Phi) is 3.78. The van der Waals surface area contributed by atoms with Crippen LogP contribution < -0.4 is 4.74 Å². The average molecular weight is 229 g/mol. The van der Waals surface area contributed by atoms with Crippen molar-refractivity contribution in [1.82, 2.24) is 0 Å². The monoisotopic (exact) mass is 229 g/mol. The molecule has 0 heterocycles. The molecule has 88 valence electrons. The Balaban J connectivity index is 3.25. The first kappa shape index (κ1) is 12.4. The summed E-state index contributed by atoms with van der Waals surface area (Å²) < 4.78 is 18.0. The molecule has 1 unspecified atom stereocenters. The number of aliphatic hydroxyl groups excluding tert-OH is 1. The first-order valence-corrected chi connectivity index (χ1v) is 4.64. The zero-order valence-electron chi connectivity index (χ0n) is 8.94. The van der Waals surface area contributed by atoms with Gasteiger partial charge >= 0.3 is 0 Å². The first-order chi connectivity index (χ1) is 7.45. The van der Waals surface area contributed by atoms with Gasteiger partial charge in [-0.05, 0) is 13.0 Å². The van der Waals surface area contributed by atoms with E-state index in [-0.39, 0.29) is 23.4 Å². The Morgan fingerprint density at radius 3 is 2.69 bits per heavy atom. The van der Waals surface area contributed by atoms with Gasteiger partial charge in [0.1, 0.15) is 0 Å². The number of aliphatic hydroxyl groups is 1. The van der Waals surface area contributed by atoms with Gasteiger partial charge in [-0.25, -0.2) is 4.39 Å². The van der Waals surface area contributed by atoms with E-state index in [0.29, 0.717) is 0 Å². The van der Waals surface area contributed by atoms with Crippen LogP contribution in [0.3, 0.4) is 0 Å². The molecular formula is C10H12FNO4. The van der Waals surface area contributed by atoms with Gasteiger partial charge in [0.25, 0.3) is 5.69 Å². The standard InChI is InChI=1S/C10H12FNO4/c1-6(13)3-7-4-10(16-2)8(11)5-9(7)12(14)15/h4-6,13H,3H2,1-2H3. The molecule has 6 heteroatoms. The van der Waals surface area contributed by atoms with Crippen LogP contribution in [0.4, 0.5) is 10.1 Å². The maximum absolute atomic E-state index is 13.2. The lowest BCUT2D eigenvalue weighted by molar-refractivity contribution is -0.385. The van der Waals surface area contributed by atoms with Gasteiger partial charge in [-0.3, -0.25) is 10.1 Å². The number of nitro benzene ring substituents is 1. The minimum Gasteiger partial charge on any atom is -0.494 e. The summed E-state index contributed by atoms with van der Waals surface area (Å²) in [6, 6.07) is 2.04. The normalized spacial score (nSPS) is 12.2. The van der Waals surface area contributed by atoms with Crippen LogP contribution in [0.5, 0.6) is 5.75 Å². The van der Waals surface area contributed by atoms with E-state index >= 15 is 0 Å². The Morgan fingerprint density at radius 2 is 2.25 bits per heavy atom. The highest BCUT2D eigenvalue weighted by Crippen LogP contribution is 2.28. The van der Waals surface area contributed by atoms with Crippen LogP contribution in [0.1, 0.15) is 12.5 Å². The van der Waals surface area contributed by atoms with Gasteiger partial charge < -0.3 is 9.84 Å². The van der Waals surface area contributed by atoms with Gasteiger partial charge in [0.05, 0.1) is 24.2 Å². The summed E-state index contributed by atoms with van der Waals surface area (Å²) in [6.07, 6.45) is -0.665. The molecule has 0 fully saturated rings. The Bertz CT molecular complexity index is 406. The van der Waals surface area contributed by atoms with Crippen molar-refractivity contribution in [3.8, 4) is 5.75 Å². The van der Waals surface area contributed by atoms with Crippen molar-refractivity contribution < 1.29 is 19.2 Å². The predicted octanol–water partition coefficient (Wildman–Crippen LogP) is 1.67. The molecule has 0 aliphatic carbocycles. The number of benzene rings is 1. The van der Waals surface area contributed by atoms with E-state index < -0.39 is 16.8 Å². The average Bonchev–Trinajstić information content (AvgIpc) is 2.19. The fraction of sp³-hybridized carbons (Fsp3) is 0.400. The Morgan fingerprint density at radius 1 is 1.62 bits per heavy atom. The van der Waals surface area contributed by atoms with Crippen molar-refractivity contribution in [2.75, 3.05) is 7.11 Å². The topological polar surface area (TPSA) is 72.6 Å². The SMILES string of the molecule is COc1cc(CC(C)O)c([N+](=O)[O-])cc1F. The number of nitro groups is 1. The molecular weight excluding hydrogens is 217 g/mol. The molecule has 0 aliphatic heterocycles. The third-order valence-electron chi connectivity index (χ3n) is 2.07. The lowest BCUT2D eigenvalue weighted by Gasteiger charge is -2.08. The molecule has 16 heavy (non-hydrogen) atoms. The highest BCUT2D eigenvalue weighted by Gasteiger charge is 2.19. The molecule has 0 radical (unpaired) electrons. The number of methoxy groups -OCH3 is 1. The van der Waals surface area contributed by atoms with Crippen molar-refractivity contribution in [2.45, 2.75) is 19.4 Å². The highest BCUT2D eigenvalue weighted by atomic mass is 19.1. The second-order valence-electron chi connectivity index (χ2n) is 3.43. The van der Waals surface area contributed by atoms with E-state index in [1.807, 2.05) is 0 Å². The van der Waals surface area contributed by atoms with E-state index in [1.165, 1.54) is 20.1 Å². The van der Waals surface area contributed by atoms with Crippen LogP contribution >= 0.6 is 0 Å². The van der Waals surface area contributed by atoms with Crippen molar-refractivity contribution >= 4 is 5.69 Å². The van der Waals surface area contributed by atoms with Crippen LogP contribution in [-0.4, -0.2) is 23.2 Å². The van der Waals surface area contributed by atoms with Crippen LogP contribution in [0.25, 0.3) is 0 Å². The number of nitrogens with zero attached hydrogens (tertiary/aromatic N) is 1. The molecule has 0 bridgehead atoms. The molecule has 1 rings (SSSR count). The second-order valence-corrected chi connectivity index (χ2v) is 3.43. The maximum atomic E-state index is 13.2. The minimum absolute atomic E-state index is 0.0683. The molecule has 0 saturated heterocycles. The van der Waals surface area contributed by atoms with E-state index in [4.69, 9.17) is 4.74 Å². The van der Waals surface area contributed by atoms with Gasteiger partial charge in [-0.15, -0.1) is 0 Å². The summed E-state index contributed by atoms with van der Waals surface area (Å²) in [4.78, 5) is 9.99. The summed E-state index contributed by atoms with van der Waals surface area (Å²) >= 11 is 0. The van der Waals surface area contributed by atoms with E-state index in [2.05, 4.69) is 0 Å². The van der Waals surface area contributed by atoms with Gasteiger partial charge in [0, 0.05) is 12.0 Å². The van der Waals surface area contributed by atoms with Gasteiger partial charge in [0.2, 0.25) is 0 Å². The van der Waals surface area contributed by atoms with E-state index in [9.17, 15) is 19.6 Å². The summed E-state index contributed by atoms with van der Waals surface area (Å²) in [7, 11) is 1.27. The molecule has 1 aromatic carbocycles. The predicted molar refractivity (Wildman–Crippen MR) is 55.0 cm³/mol. The quantitative estimate of drug-likeness (QED) is 0.629. The number of ether oxygens (including phenoxy) is 1. The fourth-order valence-electron chi connectivity index (χ4n) is 1.39. The van der Waals surface area contributed by atoms with E-state index in [1.54, 1.807) is 0 Å². The molecule has 0 spiro atoms. The largest absolute Gasteiger partial charge is 0.494 e. The smallest absolute Gasteiger partial charge is 0.275 e. The lowest BCUT2D eigenvalue weighted by atomic mass is 10.1. The first-order valence-electron chi connectivity index (χ1n) is 4.64. The number of hydrogen-bond donors (Lipinski definition) is 1. The van der Waals surface area contributed by atoms with Crippen LogP contribution in [-0.2, 0) is 6.42 Å².